The normalized spacial score (nSPS) is 19.0. The Labute approximate surface area is 170 Å². The molecule has 2 aliphatic rings. The number of allylic oxidation sites excluding steroid dienone is 2. The van der Waals surface area contributed by atoms with E-state index in [1.54, 1.807) is 0 Å². The second-order valence-corrected chi connectivity index (χ2v) is 7.64. The summed E-state index contributed by atoms with van der Waals surface area (Å²) in [6.45, 7) is 2.08. The number of hydrogen-bond acceptors (Lipinski definition) is 5. The number of H-pyrrole nitrogens is 1. The SMILES string of the molecule is Nc1n[nH]c2nc(N3CCCCC3)cc(-c3ccc(OC4C=CC=CC4)cc3)c12. The molecule has 3 N–H and O–H groups in total. The van der Waals surface area contributed by atoms with Crippen molar-refractivity contribution in [2.45, 2.75) is 31.8 Å². The maximum atomic E-state index is 6.16. The zero-order valence-corrected chi connectivity index (χ0v) is 16.3. The van der Waals surface area contributed by atoms with E-state index in [0.29, 0.717) is 5.82 Å². The molecule has 1 unspecified atom stereocenters. The Kier molecular flexibility index (Phi) is 4.68. The van der Waals surface area contributed by atoms with Gasteiger partial charge in [-0.1, -0.05) is 30.4 Å². The maximum absolute atomic E-state index is 6.16. The number of nitrogens with one attached hydrogen (secondary N) is 1. The highest BCUT2D eigenvalue weighted by Gasteiger charge is 2.18. The van der Waals surface area contributed by atoms with Gasteiger partial charge in [-0.25, -0.2) is 4.98 Å². The van der Waals surface area contributed by atoms with Crippen LogP contribution in [0.2, 0.25) is 0 Å². The van der Waals surface area contributed by atoms with Gasteiger partial charge in [-0.05, 0) is 49.1 Å². The van der Waals surface area contributed by atoms with Crippen LogP contribution < -0.4 is 15.4 Å². The van der Waals surface area contributed by atoms with Crippen molar-refractivity contribution in [1.29, 1.82) is 0 Å². The third-order valence-corrected chi connectivity index (χ3v) is 5.62. The van der Waals surface area contributed by atoms with Crippen molar-refractivity contribution in [3.8, 4) is 16.9 Å². The van der Waals surface area contributed by atoms with Crippen LogP contribution in [0.25, 0.3) is 22.2 Å². The Morgan fingerprint density at radius 3 is 2.66 bits per heavy atom. The van der Waals surface area contributed by atoms with Gasteiger partial charge in [0.1, 0.15) is 17.7 Å². The fourth-order valence-corrected chi connectivity index (χ4v) is 4.09. The molecule has 6 nitrogen and oxygen atoms in total. The number of benzene rings is 1. The summed E-state index contributed by atoms with van der Waals surface area (Å²) in [5.74, 6) is 2.32. The molecule has 1 aromatic carbocycles. The van der Waals surface area contributed by atoms with E-state index in [0.717, 1.165) is 53.2 Å². The number of aromatic nitrogens is 3. The number of piperidine rings is 1. The lowest BCUT2D eigenvalue weighted by atomic mass is 10.0. The molecular weight excluding hydrogens is 362 g/mol. The first kappa shape index (κ1) is 17.8. The summed E-state index contributed by atoms with van der Waals surface area (Å²) < 4.78 is 6.06. The number of anilines is 2. The van der Waals surface area contributed by atoms with Crippen LogP contribution in [-0.2, 0) is 0 Å². The van der Waals surface area contributed by atoms with Crippen LogP contribution in [0.15, 0.2) is 54.6 Å². The summed E-state index contributed by atoms with van der Waals surface area (Å²) in [5, 5.41) is 8.06. The van der Waals surface area contributed by atoms with Crippen molar-refractivity contribution >= 4 is 22.7 Å². The van der Waals surface area contributed by atoms with E-state index in [9.17, 15) is 0 Å². The lowest BCUT2D eigenvalue weighted by molar-refractivity contribution is 0.251. The van der Waals surface area contributed by atoms with E-state index < -0.39 is 0 Å². The van der Waals surface area contributed by atoms with E-state index in [1.807, 2.05) is 24.3 Å². The zero-order valence-electron chi connectivity index (χ0n) is 16.3. The molecule has 3 aromatic rings. The number of fused-ring (bicyclic) bond motifs is 1. The predicted molar refractivity (Wildman–Crippen MR) is 117 cm³/mol. The Hall–Kier alpha value is -3.28. The summed E-state index contributed by atoms with van der Waals surface area (Å²) >= 11 is 0. The predicted octanol–water partition coefficient (Wildman–Crippen LogP) is 4.46. The monoisotopic (exact) mass is 387 g/mol. The molecular formula is C23H25N5O. The smallest absolute Gasteiger partial charge is 0.160 e. The molecule has 6 heteroatoms. The first-order chi connectivity index (χ1) is 14.3. The van der Waals surface area contributed by atoms with Crippen LogP contribution in [0.3, 0.4) is 0 Å². The van der Waals surface area contributed by atoms with Gasteiger partial charge in [-0.3, -0.25) is 5.10 Å². The molecule has 148 valence electrons. The molecule has 1 aliphatic carbocycles. The van der Waals surface area contributed by atoms with Crippen LogP contribution in [-0.4, -0.2) is 34.4 Å². The molecule has 1 fully saturated rings. The molecule has 0 saturated carbocycles. The van der Waals surface area contributed by atoms with E-state index in [4.69, 9.17) is 15.5 Å². The lowest BCUT2D eigenvalue weighted by Gasteiger charge is -2.28. The van der Waals surface area contributed by atoms with Crippen LogP contribution in [0.4, 0.5) is 11.6 Å². The largest absolute Gasteiger partial charge is 0.486 e. The Morgan fingerprint density at radius 1 is 1.07 bits per heavy atom. The number of nitrogens with two attached hydrogens (primary N) is 1. The lowest BCUT2D eigenvalue weighted by Crippen LogP contribution is -2.30. The number of pyridine rings is 1. The second-order valence-electron chi connectivity index (χ2n) is 7.64. The van der Waals surface area contributed by atoms with Crippen LogP contribution in [0, 0.1) is 0 Å². The fraction of sp³-hybridized carbons (Fsp3) is 0.304. The number of hydrogen-bond donors (Lipinski definition) is 2. The molecule has 0 spiro atoms. The molecule has 5 rings (SSSR count). The number of rotatable bonds is 4. The topological polar surface area (TPSA) is 80.1 Å². The van der Waals surface area contributed by atoms with Crippen molar-refractivity contribution in [3.63, 3.8) is 0 Å². The molecule has 3 heterocycles. The average molecular weight is 387 g/mol. The summed E-state index contributed by atoms with van der Waals surface area (Å²) in [4.78, 5) is 7.14. The van der Waals surface area contributed by atoms with Crippen LogP contribution >= 0.6 is 0 Å². The Morgan fingerprint density at radius 2 is 1.90 bits per heavy atom. The summed E-state index contributed by atoms with van der Waals surface area (Å²) in [7, 11) is 0. The minimum absolute atomic E-state index is 0.0914. The minimum Gasteiger partial charge on any atom is -0.486 e. The Balaban J connectivity index is 1.48. The quantitative estimate of drug-likeness (QED) is 0.691. The fourth-order valence-electron chi connectivity index (χ4n) is 4.09. The first-order valence-electron chi connectivity index (χ1n) is 10.3. The van der Waals surface area contributed by atoms with Gasteiger partial charge in [-0.15, -0.1) is 0 Å². The van der Waals surface area contributed by atoms with Gasteiger partial charge in [0.2, 0.25) is 0 Å². The van der Waals surface area contributed by atoms with Gasteiger partial charge in [0.05, 0.1) is 5.39 Å². The molecule has 0 bridgehead atoms. The standard InChI is InChI=1S/C23H25N5O/c24-22-21-19(15-20(25-23(21)27-26-22)28-13-5-2-6-14-28)16-9-11-18(12-10-16)29-17-7-3-1-4-8-17/h1,3-4,7,9-12,15,17H,2,5-6,8,13-14H2,(H3,24,25,26,27). The molecule has 29 heavy (non-hydrogen) atoms. The third-order valence-electron chi connectivity index (χ3n) is 5.62. The summed E-state index contributed by atoms with van der Waals surface area (Å²) in [6.07, 6.45) is 13.0. The number of ether oxygens (including phenoxy) is 1. The summed E-state index contributed by atoms with van der Waals surface area (Å²) in [5.41, 5.74) is 9.03. The van der Waals surface area contributed by atoms with Gasteiger partial charge in [0, 0.05) is 25.1 Å². The number of aromatic amines is 1. The average Bonchev–Trinajstić information content (AvgIpc) is 3.16. The molecule has 0 amide bonds. The first-order valence-corrected chi connectivity index (χ1v) is 10.3. The second kappa shape index (κ2) is 7.62. The van der Waals surface area contributed by atoms with Gasteiger partial charge in [-0.2, -0.15) is 5.10 Å². The zero-order chi connectivity index (χ0) is 19.6. The molecule has 2 aromatic heterocycles. The van der Waals surface area contributed by atoms with E-state index >= 15 is 0 Å². The summed E-state index contributed by atoms with van der Waals surface area (Å²) in [6, 6.07) is 10.3. The molecule has 0 radical (unpaired) electrons. The van der Waals surface area contributed by atoms with E-state index in [1.165, 1.54) is 19.3 Å². The maximum Gasteiger partial charge on any atom is 0.160 e. The number of nitrogen functional groups attached to an aromatic ring is 1. The molecule has 1 saturated heterocycles. The highest BCUT2D eigenvalue weighted by atomic mass is 16.5. The van der Waals surface area contributed by atoms with Crippen molar-refractivity contribution in [2.75, 3.05) is 23.7 Å². The molecule has 1 aliphatic heterocycles. The van der Waals surface area contributed by atoms with Crippen molar-refractivity contribution in [1.82, 2.24) is 15.2 Å². The van der Waals surface area contributed by atoms with Crippen molar-refractivity contribution < 1.29 is 4.74 Å². The van der Waals surface area contributed by atoms with Crippen molar-refractivity contribution in [3.05, 3.63) is 54.6 Å². The van der Waals surface area contributed by atoms with Gasteiger partial charge in [0.15, 0.2) is 11.5 Å². The van der Waals surface area contributed by atoms with Gasteiger partial charge >= 0.3 is 0 Å². The number of nitrogens with zero attached hydrogens (tertiary/aromatic N) is 3. The highest BCUT2D eigenvalue weighted by Crippen LogP contribution is 2.35. The van der Waals surface area contributed by atoms with Crippen LogP contribution in [0.5, 0.6) is 5.75 Å². The van der Waals surface area contributed by atoms with Crippen LogP contribution in [0.1, 0.15) is 25.7 Å². The molecule has 1 atom stereocenters. The van der Waals surface area contributed by atoms with E-state index in [-0.39, 0.29) is 6.10 Å². The highest BCUT2D eigenvalue weighted by molar-refractivity contribution is 6.01. The Bertz CT molecular complexity index is 1060. The minimum atomic E-state index is 0.0914. The van der Waals surface area contributed by atoms with Gasteiger partial charge in [0.25, 0.3) is 0 Å². The van der Waals surface area contributed by atoms with Gasteiger partial charge < -0.3 is 15.4 Å². The van der Waals surface area contributed by atoms with E-state index in [2.05, 4.69) is 45.4 Å². The van der Waals surface area contributed by atoms with Crippen molar-refractivity contribution in [2.24, 2.45) is 0 Å². The third kappa shape index (κ3) is 3.58.